The number of aryl methyl sites for hydroxylation is 1. The summed E-state index contributed by atoms with van der Waals surface area (Å²) in [6, 6.07) is 5.72. The topological polar surface area (TPSA) is 38.7 Å². The van der Waals surface area contributed by atoms with Crippen LogP contribution in [-0.4, -0.2) is 15.0 Å². The van der Waals surface area contributed by atoms with Crippen molar-refractivity contribution >= 4 is 11.6 Å². The Kier molecular flexibility index (Phi) is 3.35. The fourth-order valence-electron chi connectivity index (χ4n) is 1.52. The fraction of sp³-hybridized carbons (Fsp3) is 0.357. The first-order valence-electron chi connectivity index (χ1n) is 5.84. The minimum atomic E-state index is -0.127. The molecule has 18 heavy (non-hydrogen) atoms. The monoisotopic (exact) mass is 261 g/mol. The molecule has 94 valence electrons. The van der Waals surface area contributed by atoms with Crippen LogP contribution in [-0.2, 0) is 5.41 Å². The molecule has 0 unspecified atom stereocenters. The third-order valence-corrected chi connectivity index (χ3v) is 2.77. The van der Waals surface area contributed by atoms with Gasteiger partial charge < -0.3 is 0 Å². The van der Waals surface area contributed by atoms with Crippen molar-refractivity contribution in [3.8, 4) is 11.3 Å². The third kappa shape index (κ3) is 2.85. The van der Waals surface area contributed by atoms with E-state index in [1.807, 2.05) is 19.1 Å². The van der Waals surface area contributed by atoms with Crippen LogP contribution in [0.5, 0.6) is 0 Å². The van der Waals surface area contributed by atoms with Crippen LogP contribution in [0.15, 0.2) is 24.4 Å². The minimum absolute atomic E-state index is 0.127. The van der Waals surface area contributed by atoms with Crippen molar-refractivity contribution in [1.82, 2.24) is 15.0 Å². The molecule has 2 heterocycles. The second kappa shape index (κ2) is 4.65. The Labute approximate surface area is 112 Å². The molecule has 0 aromatic carbocycles. The third-order valence-electron chi connectivity index (χ3n) is 2.57. The van der Waals surface area contributed by atoms with Crippen LogP contribution >= 0.6 is 11.6 Å². The first-order chi connectivity index (χ1) is 8.36. The molecule has 0 fully saturated rings. The van der Waals surface area contributed by atoms with Gasteiger partial charge in [0, 0.05) is 28.9 Å². The van der Waals surface area contributed by atoms with Gasteiger partial charge in [0.05, 0.1) is 5.69 Å². The van der Waals surface area contributed by atoms with Crippen LogP contribution in [0.2, 0.25) is 5.15 Å². The molecule has 0 saturated carbocycles. The van der Waals surface area contributed by atoms with Crippen molar-refractivity contribution in [2.24, 2.45) is 0 Å². The number of hydrogen-bond donors (Lipinski definition) is 0. The number of halogens is 1. The van der Waals surface area contributed by atoms with E-state index in [0.717, 1.165) is 22.8 Å². The number of pyridine rings is 1. The number of rotatable bonds is 1. The molecule has 0 aliphatic carbocycles. The maximum Gasteiger partial charge on any atom is 0.136 e. The molecule has 0 aliphatic heterocycles. The molecule has 0 bridgehead atoms. The van der Waals surface area contributed by atoms with Crippen molar-refractivity contribution in [3.63, 3.8) is 0 Å². The first kappa shape index (κ1) is 13.0. The summed E-state index contributed by atoms with van der Waals surface area (Å²) in [6.07, 6.45) is 1.81. The Morgan fingerprint density at radius 1 is 1.11 bits per heavy atom. The highest BCUT2D eigenvalue weighted by Crippen LogP contribution is 2.25. The van der Waals surface area contributed by atoms with Crippen molar-refractivity contribution in [3.05, 3.63) is 41.1 Å². The summed E-state index contributed by atoms with van der Waals surface area (Å²) in [4.78, 5) is 13.1. The molecule has 0 N–H and O–H groups in total. The maximum absolute atomic E-state index is 6.07. The first-order valence-corrected chi connectivity index (χ1v) is 6.22. The molecule has 0 aliphatic rings. The van der Waals surface area contributed by atoms with E-state index < -0.39 is 0 Å². The Morgan fingerprint density at radius 3 is 2.39 bits per heavy atom. The highest BCUT2D eigenvalue weighted by molar-refractivity contribution is 6.29. The van der Waals surface area contributed by atoms with Gasteiger partial charge in [0.15, 0.2) is 0 Å². The van der Waals surface area contributed by atoms with Crippen molar-refractivity contribution in [2.45, 2.75) is 33.1 Å². The fourth-order valence-corrected chi connectivity index (χ4v) is 1.70. The summed E-state index contributed by atoms with van der Waals surface area (Å²) < 4.78 is 0. The summed E-state index contributed by atoms with van der Waals surface area (Å²) in [5.74, 6) is 0.741. The molecule has 0 saturated heterocycles. The predicted molar refractivity (Wildman–Crippen MR) is 73.7 cm³/mol. The van der Waals surface area contributed by atoms with Crippen molar-refractivity contribution < 1.29 is 0 Å². The molecule has 3 nitrogen and oxygen atoms in total. The molecule has 2 rings (SSSR count). The van der Waals surface area contributed by atoms with E-state index in [9.17, 15) is 0 Å². The number of nitrogens with zero attached hydrogens (tertiary/aromatic N) is 3. The standard InChI is InChI=1S/C14H16ClN3/c1-9-5-6-10(8-16-9)11-7-12(15)18-13(17-11)14(2,3)4/h5-8H,1-4H3. The Balaban J connectivity index is 2.52. The lowest BCUT2D eigenvalue weighted by molar-refractivity contribution is 0.546. The van der Waals surface area contributed by atoms with Gasteiger partial charge >= 0.3 is 0 Å². The summed E-state index contributed by atoms with van der Waals surface area (Å²) in [5.41, 5.74) is 2.62. The molecule has 0 atom stereocenters. The van der Waals surface area contributed by atoms with Crippen LogP contribution in [0.3, 0.4) is 0 Å². The van der Waals surface area contributed by atoms with Gasteiger partial charge in [0.1, 0.15) is 11.0 Å². The van der Waals surface area contributed by atoms with Crippen LogP contribution in [0.1, 0.15) is 32.3 Å². The molecule has 0 radical (unpaired) electrons. The summed E-state index contributed by atoms with van der Waals surface area (Å²) >= 11 is 6.07. The Morgan fingerprint density at radius 2 is 1.83 bits per heavy atom. The molecule has 2 aromatic heterocycles. The van der Waals surface area contributed by atoms with Gasteiger partial charge in [-0.2, -0.15) is 0 Å². The van der Waals surface area contributed by atoms with E-state index in [-0.39, 0.29) is 5.41 Å². The van der Waals surface area contributed by atoms with E-state index in [1.54, 1.807) is 12.3 Å². The van der Waals surface area contributed by atoms with Crippen LogP contribution < -0.4 is 0 Å². The second-order valence-electron chi connectivity index (χ2n) is 5.34. The quantitative estimate of drug-likeness (QED) is 0.733. The lowest BCUT2D eigenvalue weighted by atomic mass is 9.95. The van der Waals surface area contributed by atoms with Gasteiger partial charge in [0.2, 0.25) is 0 Å². The van der Waals surface area contributed by atoms with Gasteiger partial charge in [-0.3, -0.25) is 4.98 Å². The molecule has 0 amide bonds. The van der Waals surface area contributed by atoms with Crippen molar-refractivity contribution in [1.29, 1.82) is 0 Å². The zero-order valence-electron chi connectivity index (χ0n) is 11.0. The van der Waals surface area contributed by atoms with Crippen LogP contribution in [0.4, 0.5) is 0 Å². The largest absolute Gasteiger partial charge is 0.261 e. The lowest BCUT2D eigenvalue weighted by Gasteiger charge is -2.17. The highest BCUT2D eigenvalue weighted by Gasteiger charge is 2.19. The van der Waals surface area contributed by atoms with E-state index in [1.165, 1.54) is 0 Å². The van der Waals surface area contributed by atoms with E-state index in [4.69, 9.17) is 11.6 Å². The van der Waals surface area contributed by atoms with E-state index in [2.05, 4.69) is 35.7 Å². The normalized spacial score (nSPS) is 11.6. The van der Waals surface area contributed by atoms with Crippen molar-refractivity contribution in [2.75, 3.05) is 0 Å². The number of aromatic nitrogens is 3. The van der Waals surface area contributed by atoms with Crippen LogP contribution in [0, 0.1) is 6.92 Å². The minimum Gasteiger partial charge on any atom is -0.261 e. The summed E-state index contributed by atoms with van der Waals surface area (Å²) in [7, 11) is 0. The summed E-state index contributed by atoms with van der Waals surface area (Å²) in [6.45, 7) is 8.15. The Hall–Kier alpha value is -1.48. The van der Waals surface area contributed by atoms with Gasteiger partial charge in [-0.1, -0.05) is 32.4 Å². The highest BCUT2D eigenvalue weighted by atomic mass is 35.5. The van der Waals surface area contributed by atoms with Crippen LogP contribution in [0.25, 0.3) is 11.3 Å². The van der Waals surface area contributed by atoms with E-state index in [0.29, 0.717) is 5.15 Å². The maximum atomic E-state index is 6.07. The van der Waals surface area contributed by atoms with Gasteiger partial charge in [-0.25, -0.2) is 9.97 Å². The zero-order valence-corrected chi connectivity index (χ0v) is 11.8. The SMILES string of the molecule is Cc1ccc(-c2cc(Cl)nc(C(C)(C)C)n2)cn1. The molecule has 0 spiro atoms. The molecule has 4 heteroatoms. The second-order valence-corrected chi connectivity index (χ2v) is 5.73. The smallest absolute Gasteiger partial charge is 0.136 e. The number of hydrogen-bond acceptors (Lipinski definition) is 3. The summed E-state index contributed by atoms with van der Waals surface area (Å²) in [5, 5.41) is 0.463. The zero-order chi connectivity index (χ0) is 13.3. The van der Waals surface area contributed by atoms with Gasteiger partial charge in [-0.15, -0.1) is 0 Å². The lowest BCUT2D eigenvalue weighted by Crippen LogP contribution is -2.16. The van der Waals surface area contributed by atoms with Gasteiger partial charge in [0.25, 0.3) is 0 Å². The van der Waals surface area contributed by atoms with E-state index >= 15 is 0 Å². The molecular weight excluding hydrogens is 246 g/mol. The van der Waals surface area contributed by atoms with Gasteiger partial charge in [-0.05, 0) is 19.1 Å². The molecule has 2 aromatic rings. The average Bonchev–Trinajstić information content (AvgIpc) is 2.28. The predicted octanol–water partition coefficient (Wildman–Crippen LogP) is 3.80. The molecular formula is C14H16ClN3. The Bertz CT molecular complexity index is 556. The average molecular weight is 262 g/mol.